The van der Waals surface area contributed by atoms with Crippen LogP contribution in [0.3, 0.4) is 0 Å². The number of carboxylic acid groups (broad SMARTS) is 1. The first-order valence-corrected chi connectivity index (χ1v) is 24.3. The lowest BCUT2D eigenvalue weighted by molar-refractivity contribution is -0.142. The van der Waals surface area contributed by atoms with E-state index in [1.807, 2.05) is 0 Å². The van der Waals surface area contributed by atoms with Gasteiger partial charge in [0.1, 0.15) is 60.1 Å². The number of nitrogens with one attached hydrogen (secondary N) is 9. The lowest BCUT2D eigenvalue weighted by Crippen LogP contribution is -2.62. The topological polar surface area (TPSA) is 458 Å². The van der Waals surface area contributed by atoms with Crippen molar-refractivity contribution in [3.05, 3.63) is 29.8 Å². The molecule has 0 aliphatic rings. The van der Waals surface area contributed by atoms with Gasteiger partial charge < -0.3 is 90.6 Å². The van der Waals surface area contributed by atoms with E-state index in [9.17, 15) is 68.4 Å². The van der Waals surface area contributed by atoms with E-state index in [1.54, 1.807) is 0 Å². The highest BCUT2D eigenvalue weighted by Crippen LogP contribution is 2.12. The molecule has 0 heterocycles. The molecule has 29 heteroatoms. The van der Waals surface area contributed by atoms with E-state index < -0.39 is 139 Å². The first-order valence-electron chi connectivity index (χ1n) is 23.0. The van der Waals surface area contributed by atoms with E-state index in [-0.39, 0.29) is 62.4 Å². The van der Waals surface area contributed by atoms with Gasteiger partial charge in [-0.3, -0.25) is 47.9 Å². The maximum Gasteiger partial charge on any atom is 0.325 e. The Morgan fingerprint density at radius 1 is 0.556 bits per heavy atom. The minimum Gasteiger partial charge on any atom is -0.508 e. The van der Waals surface area contributed by atoms with Crippen molar-refractivity contribution in [3.8, 4) is 5.75 Å². The summed E-state index contributed by atoms with van der Waals surface area (Å²) in [4.78, 5) is 131. The second-order valence-electron chi connectivity index (χ2n) is 16.7. The molecule has 1 aromatic rings. The Labute approximate surface area is 427 Å². The standard InChI is InChI=1S/C43H72N12O15S2/c1-21(43(69)70)48-41(67)33(22(2)57)55-40(66)31(20-72)53-37(63)28(9-5-7-15-45)50-42(68)34(23(3)58)54-38(64)27(8-4-6-14-44)49-32(60)17-47-36(62)29(16-24-10-12-25(59)13-11-24)51-39(65)30(19-71)52-35(61)26(46)18-56/h10-13,21-23,26-31,33-34,56-59,71-72H,4-9,14-20,44-46H2,1-3H3,(H,47,62)(H,48,67)(H,49,60)(H,50,68)(H,51,65)(H,52,61)(H,53,63)(H,54,64)(H,55,66)(H,69,70)/t21-,22+,23+,26-,27-,28-,29-,30-,31-,33-,34-/m0/s1. The summed E-state index contributed by atoms with van der Waals surface area (Å²) in [6, 6.07) is -7.44. The van der Waals surface area contributed by atoms with Gasteiger partial charge in [0, 0.05) is 17.9 Å². The zero-order valence-corrected chi connectivity index (χ0v) is 42.1. The summed E-state index contributed by atoms with van der Waals surface area (Å²) in [6.07, 6.45) is -2.04. The molecule has 9 amide bonds. The van der Waals surface area contributed by atoms with Crippen LogP contribution in [0.4, 0.5) is 0 Å². The number of phenolic OH excluding ortho intramolecular Hbond substituents is 1. The Morgan fingerprint density at radius 2 is 0.972 bits per heavy atom. The van der Waals surface area contributed by atoms with E-state index in [4.69, 9.17) is 22.3 Å². The molecule has 0 radical (unpaired) electrons. The number of carbonyl (C=O) groups excluding carboxylic acids is 9. The van der Waals surface area contributed by atoms with Crippen molar-refractivity contribution in [2.75, 3.05) is 37.7 Å². The Balaban J connectivity index is 3.27. The monoisotopic (exact) mass is 1060 g/mol. The van der Waals surface area contributed by atoms with Crippen LogP contribution in [-0.2, 0) is 54.4 Å². The maximum atomic E-state index is 13.8. The molecule has 1 aromatic carbocycles. The number of aliphatic carboxylic acids is 1. The molecule has 0 aliphatic heterocycles. The van der Waals surface area contributed by atoms with Gasteiger partial charge in [-0.2, -0.15) is 25.3 Å². The van der Waals surface area contributed by atoms with Gasteiger partial charge in [0.05, 0.1) is 25.4 Å². The molecule has 0 spiro atoms. The fourth-order valence-electron chi connectivity index (χ4n) is 6.38. The van der Waals surface area contributed by atoms with Gasteiger partial charge in [0.25, 0.3) is 0 Å². The summed E-state index contributed by atoms with van der Waals surface area (Å²) < 4.78 is 0. The number of carbonyl (C=O) groups is 10. The summed E-state index contributed by atoms with van der Waals surface area (Å²) in [5.74, 6) is -10.6. The van der Waals surface area contributed by atoms with Gasteiger partial charge >= 0.3 is 5.97 Å². The number of aliphatic hydroxyl groups excluding tert-OH is 3. The smallest absolute Gasteiger partial charge is 0.325 e. The third-order valence-electron chi connectivity index (χ3n) is 10.6. The first kappa shape index (κ1) is 64.2. The van der Waals surface area contributed by atoms with Crippen LogP contribution in [0.15, 0.2) is 24.3 Å². The van der Waals surface area contributed by atoms with E-state index in [0.29, 0.717) is 18.4 Å². The van der Waals surface area contributed by atoms with Crippen LogP contribution in [0, 0.1) is 0 Å². The number of amides is 9. The van der Waals surface area contributed by atoms with Gasteiger partial charge in [0.15, 0.2) is 0 Å². The normalized spacial score (nSPS) is 15.7. The van der Waals surface area contributed by atoms with Crippen LogP contribution >= 0.6 is 25.3 Å². The van der Waals surface area contributed by atoms with Crippen LogP contribution < -0.4 is 65.1 Å². The third-order valence-corrected chi connectivity index (χ3v) is 11.4. The Kier molecular flexibility index (Phi) is 30.1. The first-order chi connectivity index (χ1) is 33.9. The highest BCUT2D eigenvalue weighted by molar-refractivity contribution is 7.80. The van der Waals surface area contributed by atoms with Gasteiger partial charge in [-0.15, -0.1) is 0 Å². The number of aliphatic hydroxyl groups is 3. The second kappa shape index (κ2) is 33.8. The lowest BCUT2D eigenvalue weighted by atomic mass is 10.0. The van der Waals surface area contributed by atoms with Crippen LogP contribution in [-0.4, -0.2) is 189 Å². The summed E-state index contributed by atoms with van der Waals surface area (Å²) >= 11 is 8.21. The molecule has 1 rings (SSSR count). The predicted octanol–water partition coefficient (Wildman–Crippen LogP) is -6.77. The van der Waals surface area contributed by atoms with Gasteiger partial charge in [0.2, 0.25) is 53.2 Å². The van der Waals surface area contributed by atoms with Gasteiger partial charge in [-0.25, -0.2) is 0 Å². The molecule has 0 bridgehead atoms. The van der Waals surface area contributed by atoms with Gasteiger partial charge in [-0.05, 0) is 90.1 Å². The van der Waals surface area contributed by atoms with Crippen LogP contribution in [0.2, 0.25) is 0 Å². The molecule has 0 aliphatic carbocycles. The van der Waals surface area contributed by atoms with Crippen LogP contribution in [0.5, 0.6) is 5.75 Å². The van der Waals surface area contributed by atoms with Gasteiger partial charge in [-0.1, -0.05) is 12.1 Å². The lowest BCUT2D eigenvalue weighted by Gasteiger charge is -2.28. The molecule has 406 valence electrons. The molecule has 11 atom stereocenters. The molecule has 0 unspecified atom stereocenters. The van der Waals surface area contributed by atoms with Crippen molar-refractivity contribution in [1.29, 1.82) is 0 Å². The number of aromatic hydroxyl groups is 1. The minimum atomic E-state index is -1.74. The van der Waals surface area contributed by atoms with E-state index in [1.165, 1.54) is 31.2 Å². The number of hydrogen-bond acceptors (Lipinski definition) is 19. The molecule has 0 fully saturated rings. The number of rotatable bonds is 34. The Bertz CT molecular complexity index is 1970. The average molecular weight is 1060 g/mol. The van der Waals surface area contributed by atoms with Crippen molar-refractivity contribution < 1.29 is 73.5 Å². The quantitative estimate of drug-likeness (QED) is 0.0225. The fourth-order valence-corrected chi connectivity index (χ4v) is 6.89. The van der Waals surface area contributed by atoms with E-state index in [0.717, 1.165) is 13.8 Å². The number of benzene rings is 1. The Hall–Kier alpha value is -5.82. The molecular weight excluding hydrogens is 989 g/mol. The summed E-state index contributed by atoms with van der Waals surface area (Å²) in [7, 11) is 0. The van der Waals surface area contributed by atoms with Crippen molar-refractivity contribution >= 4 is 84.4 Å². The molecule has 0 saturated carbocycles. The summed E-state index contributed by atoms with van der Waals surface area (Å²) in [5.41, 5.74) is 17.3. The molecule has 72 heavy (non-hydrogen) atoms. The maximum absolute atomic E-state index is 13.8. The minimum absolute atomic E-state index is 0.0410. The van der Waals surface area contributed by atoms with Crippen LogP contribution in [0.1, 0.15) is 64.9 Å². The number of carboxylic acids is 1. The summed E-state index contributed by atoms with van der Waals surface area (Å²) in [5, 5.41) is 70.3. The Morgan fingerprint density at radius 3 is 1.43 bits per heavy atom. The number of hydrogen-bond donors (Lipinski definition) is 19. The number of nitrogens with two attached hydrogens (primary N) is 3. The zero-order valence-electron chi connectivity index (χ0n) is 40.3. The molecule has 0 aromatic heterocycles. The van der Waals surface area contributed by atoms with E-state index in [2.05, 4.69) is 73.1 Å². The molecular formula is C43H72N12O15S2. The highest BCUT2D eigenvalue weighted by Gasteiger charge is 2.35. The van der Waals surface area contributed by atoms with Crippen molar-refractivity contribution in [1.82, 2.24) is 47.9 Å². The molecule has 27 nitrogen and oxygen atoms in total. The predicted molar refractivity (Wildman–Crippen MR) is 266 cm³/mol. The third kappa shape index (κ3) is 23.2. The van der Waals surface area contributed by atoms with Crippen molar-refractivity contribution in [2.24, 2.45) is 17.2 Å². The number of unbranched alkanes of at least 4 members (excludes halogenated alkanes) is 2. The second-order valence-corrected chi connectivity index (χ2v) is 17.4. The molecule has 0 saturated heterocycles. The average Bonchev–Trinajstić information content (AvgIpc) is 3.33. The largest absolute Gasteiger partial charge is 0.508 e. The van der Waals surface area contributed by atoms with Crippen molar-refractivity contribution in [3.63, 3.8) is 0 Å². The molecule has 20 N–H and O–H groups in total. The SMILES string of the molecule is C[C@H](NC(=O)[C@@H](NC(=O)[C@H](CS)NC(=O)[C@H](CCCCN)NC(=O)[C@@H](NC(=O)[C@H](CCCCN)NC(=O)CNC(=O)[C@H](Cc1ccc(O)cc1)NC(=O)[C@H](CS)NC(=O)[C@@H](N)CO)[C@@H](C)O)[C@@H](C)O)C(=O)O. The zero-order chi connectivity index (χ0) is 54.7. The van der Waals surface area contributed by atoms with Crippen molar-refractivity contribution in [2.45, 2.75) is 132 Å². The highest BCUT2D eigenvalue weighted by atomic mass is 32.1. The van der Waals surface area contributed by atoms with Crippen LogP contribution in [0.25, 0.3) is 0 Å². The fraction of sp³-hybridized carbons (Fsp3) is 0.628. The van der Waals surface area contributed by atoms with E-state index >= 15 is 0 Å². The number of thiol groups is 2. The number of phenols is 1. The summed E-state index contributed by atoms with van der Waals surface area (Å²) in [6.45, 7) is 2.45.